The summed E-state index contributed by atoms with van der Waals surface area (Å²) in [5.41, 5.74) is -1.96. The van der Waals surface area contributed by atoms with Gasteiger partial charge in [0, 0.05) is 18.6 Å². The van der Waals surface area contributed by atoms with Gasteiger partial charge in [-0.1, -0.05) is 18.4 Å². The van der Waals surface area contributed by atoms with Crippen molar-refractivity contribution in [3.8, 4) is 12.3 Å². The minimum Gasteiger partial charge on any atom is -0.377 e. The van der Waals surface area contributed by atoms with E-state index in [-0.39, 0.29) is 29.7 Å². The molecule has 2 heteroatoms. The molecule has 0 spiro atoms. The summed E-state index contributed by atoms with van der Waals surface area (Å²) in [5, 5.41) is 11.0. The number of rotatable bonds is 0. The van der Waals surface area contributed by atoms with Crippen molar-refractivity contribution in [1.29, 1.82) is 0 Å². The molecule has 0 unspecified atom stereocenters. The summed E-state index contributed by atoms with van der Waals surface area (Å²) in [7, 11) is 0. The number of hydrogen-bond acceptors (Lipinski definition) is 2. The number of hydrogen-bond donors (Lipinski definition) is 1. The van der Waals surface area contributed by atoms with Gasteiger partial charge in [-0.3, -0.25) is 4.79 Å². The quantitative estimate of drug-likeness (QED) is 0.696. The summed E-state index contributed by atoms with van der Waals surface area (Å²) < 4.78 is 50.7. The lowest BCUT2D eigenvalue weighted by molar-refractivity contribution is -0.116. The molecule has 0 aromatic rings. The van der Waals surface area contributed by atoms with Gasteiger partial charge in [-0.15, -0.1) is 6.42 Å². The molecule has 6 atom stereocenters. The zero-order chi connectivity index (χ0) is 20.9. The molecule has 0 radical (unpaired) electrons. The normalized spacial score (nSPS) is 62.8. The van der Waals surface area contributed by atoms with Crippen molar-refractivity contribution in [2.24, 2.45) is 29.1 Å². The third-order valence-corrected chi connectivity index (χ3v) is 6.79. The largest absolute Gasteiger partial charge is 0.377 e. The Balaban J connectivity index is 1.85. The SMILES string of the molecule is [2H]C1=C2C([2H])([2H])C[C@@H]3[C@H](CC[C@@]4(C)[C@H]3CC[C@@]4(O)C#C)[C@@]2([2H])CC([2H])([2H])C1=O. The lowest BCUT2D eigenvalue weighted by atomic mass is 9.50. The summed E-state index contributed by atoms with van der Waals surface area (Å²) in [6.07, 6.45) is 3.10. The molecule has 22 heavy (non-hydrogen) atoms. The number of carbonyl (C=O) groups excluding carboxylic acids is 1. The number of allylic oxidation sites excluding steroid dienone is 1. The van der Waals surface area contributed by atoms with Gasteiger partial charge in [0.05, 0.1) is 1.37 Å². The highest BCUT2D eigenvalue weighted by Gasteiger charge is 2.61. The first-order chi connectivity index (χ1) is 12.7. The molecule has 4 rings (SSSR count). The fourth-order valence-electron chi connectivity index (χ4n) is 5.45. The summed E-state index contributed by atoms with van der Waals surface area (Å²) in [6, 6.07) is -0.658. The van der Waals surface area contributed by atoms with E-state index in [2.05, 4.69) is 5.92 Å². The first kappa shape index (κ1) is 9.28. The van der Waals surface area contributed by atoms with Crippen molar-refractivity contribution < 1.29 is 18.1 Å². The zero-order valence-corrected chi connectivity index (χ0v) is 12.9. The van der Waals surface area contributed by atoms with Crippen LogP contribution in [0, 0.1) is 41.4 Å². The summed E-state index contributed by atoms with van der Waals surface area (Å²) >= 11 is 0. The van der Waals surface area contributed by atoms with Crippen molar-refractivity contribution in [2.45, 2.75) is 63.8 Å². The van der Waals surface area contributed by atoms with Crippen LogP contribution in [0.15, 0.2) is 11.6 Å². The second-order valence-electron chi connectivity index (χ2n) is 7.47. The maximum atomic E-state index is 12.3. The van der Waals surface area contributed by atoms with Crippen molar-refractivity contribution in [3.05, 3.63) is 11.6 Å². The molecule has 0 aliphatic heterocycles. The van der Waals surface area contributed by atoms with Crippen LogP contribution in [-0.2, 0) is 4.79 Å². The Morgan fingerprint density at radius 2 is 2.18 bits per heavy atom. The fraction of sp³-hybridized carbons (Fsp3) is 0.750. The molecule has 118 valence electrons. The van der Waals surface area contributed by atoms with E-state index in [1.54, 1.807) is 0 Å². The molecule has 0 aromatic heterocycles. The lowest BCUT2D eigenvalue weighted by Crippen LogP contribution is -2.52. The molecule has 2 nitrogen and oxygen atoms in total. The van der Waals surface area contributed by atoms with Crippen LogP contribution in [-0.4, -0.2) is 16.5 Å². The van der Waals surface area contributed by atoms with Crippen LogP contribution in [0.3, 0.4) is 0 Å². The molecule has 1 N–H and O–H groups in total. The predicted molar refractivity (Wildman–Crippen MR) is 85.9 cm³/mol. The van der Waals surface area contributed by atoms with Crippen LogP contribution in [0.2, 0.25) is 0 Å². The highest BCUT2D eigenvalue weighted by atomic mass is 16.3. The first-order valence-corrected chi connectivity index (χ1v) is 8.20. The monoisotopic (exact) mass is 304 g/mol. The van der Waals surface area contributed by atoms with Crippen molar-refractivity contribution in [1.82, 2.24) is 0 Å². The molecule has 0 amide bonds. The van der Waals surface area contributed by atoms with Crippen LogP contribution in [0.1, 0.15) is 66.4 Å². The number of fused-ring (bicyclic) bond motifs is 5. The molecule has 4 aliphatic carbocycles. The topological polar surface area (TPSA) is 37.3 Å². The van der Waals surface area contributed by atoms with E-state index < -0.39 is 47.9 Å². The van der Waals surface area contributed by atoms with Crippen LogP contribution in [0.25, 0.3) is 0 Å². The summed E-state index contributed by atoms with van der Waals surface area (Å²) in [4.78, 5) is 12.3. The van der Waals surface area contributed by atoms with Gasteiger partial charge in [-0.2, -0.15) is 0 Å². The fourth-order valence-corrected chi connectivity index (χ4v) is 5.45. The number of carbonyl (C=O) groups is 1. The third-order valence-electron chi connectivity index (χ3n) is 6.79. The number of terminal acetylenes is 1. The van der Waals surface area contributed by atoms with E-state index in [1.807, 2.05) is 6.92 Å². The standard InChI is InChI=1S/C20H26O2/c1-3-20(22)11-9-18-17-6-4-13-12-14(21)5-7-15(13)16(17)8-10-19(18,20)2/h1,12,15-18,22H,4-11H2,2H3/t15-,16+,17+,18-,19-,20-/m0/s1/i4D2,5D2,12D,15D. The Labute approximate surface area is 141 Å². The molecule has 0 saturated heterocycles. The Kier molecular flexibility index (Phi) is 1.99. The Morgan fingerprint density at radius 1 is 1.36 bits per heavy atom. The van der Waals surface area contributed by atoms with Gasteiger partial charge in [0.25, 0.3) is 0 Å². The molecule has 3 saturated carbocycles. The van der Waals surface area contributed by atoms with E-state index in [0.717, 1.165) is 0 Å². The zero-order valence-electron chi connectivity index (χ0n) is 18.9. The van der Waals surface area contributed by atoms with Gasteiger partial charge < -0.3 is 5.11 Å². The Hall–Kier alpha value is -1.07. The van der Waals surface area contributed by atoms with E-state index >= 15 is 0 Å². The van der Waals surface area contributed by atoms with Gasteiger partial charge in [-0.25, -0.2) is 0 Å². The minimum absolute atomic E-state index is 0.0659. The van der Waals surface area contributed by atoms with E-state index in [9.17, 15) is 11.3 Å². The Bertz CT molecular complexity index is 829. The van der Waals surface area contributed by atoms with Crippen molar-refractivity contribution in [2.75, 3.05) is 0 Å². The van der Waals surface area contributed by atoms with E-state index in [0.29, 0.717) is 25.7 Å². The molecule has 4 aliphatic rings. The van der Waals surface area contributed by atoms with Crippen LogP contribution in [0.5, 0.6) is 0 Å². The average Bonchev–Trinajstić information content (AvgIpc) is 2.84. The first-order valence-electron chi connectivity index (χ1n) is 11.2. The third kappa shape index (κ3) is 1.75. The van der Waals surface area contributed by atoms with Crippen LogP contribution in [0.4, 0.5) is 0 Å². The molecule has 0 aromatic carbocycles. The number of ketones is 1. The average molecular weight is 304 g/mol. The number of aliphatic hydroxyl groups is 1. The Morgan fingerprint density at radius 3 is 2.95 bits per heavy atom. The second kappa shape index (κ2) is 4.71. The highest BCUT2D eigenvalue weighted by molar-refractivity contribution is 5.91. The molecular formula is C20H26O2. The molecule has 0 bridgehead atoms. The maximum Gasteiger partial charge on any atom is 0.155 e. The minimum atomic E-state index is -2.34. The maximum absolute atomic E-state index is 12.3. The van der Waals surface area contributed by atoms with Gasteiger partial charge in [0.15, 0.2) is 5.78 Å². The van der Waals surface area contributed by atoms with Gasteiger partial charge in [0.2, 0.25) is 0 Å². The van der Waals surface area contributed by atoms with E-state index in [4.69, 9.17) is 13.3 Å². The van der Waals surface area contributed by atoms with Crippen LogP contribution >= 0.6 is 0 Å². The van der Waals surface area contributed by atoms with Crippen LogP contribution < -0.4 is 0 Å². The van der Waals surface area contributed by atoms with Gasteiger partial charge in [0.1, 0.15) is 5.60 Å². The molecular weight excluding hydrogens is 272 g/mol. The highest BCUT2D eigenvalue weighted by Crippen LogP contribution is 2.64. The summed E-state index contributed by atoms with van der Waals surface area (Å²) in [5.74, 6) is -0.746. The van der Waals surface area contributed by atoms with Gasteiger partial charge in [-0.05, 0) is 74.6 Å². The van der Waals surface area contributed by atoms with Crippen molar-refractivity contribution in [3.63, 3.8) is 0 Å². The smallest absolute Gasteiger partial charge is 0.155 e. The second-order valence-corrected chi connectivity index (χ2v) is 7.47. The molecule has 3 fully saturated rings. The lowest BCUT2D eigenvalue weighted by Gasteiger charge is -2.54. The summed E-state index contributed by atoms with van der Waals surface area (Å²) in [6.45, 7) is 1.96. The predicted octanol–water partition coefficient (Wildman–Crippen LogP) is 3.49. The van der Waals surface area contributed by atoms with E-state index in [1.165, 1.54) is 0 Å². The van der Waals surface area contributed by atoms with Crippen molar-refractivity contribution >= 4 is 5.78 Å². The van der Waals surface area contributed by atoms with Gasteiger partial charge >= 0.3 is 0 Å². The molecule has 0 heterocycles.